The second-order valence-electron chi connectivity index (χ2n) is 5.18. The fourth-order valence-corrected chi connectivity index (χ4v) is 2.24. The van der Waals surface area contributed by atoms with Gasteiger partial charge in [0.15, 0.2) is 0 Å². The Morgan fingerprint density at radius 2 is 2.22 bits per heavy atom. The van der Waals surface area contributed by atoms with Gasteiger partial charge in [-0.1, -0.05) is 0 Å². The van der Waals surface area contributed by atoms with E-state index >= 15 is 0 Å². The molecule has 120 valence electrons. The summed E-state index contributed by atoms with van der Waals surface area (Å²) in [6, 6.07) is 7.08. The van der Waals surface area contributed by atoms with Crippen molar-refractivity contribution >= 4 is 11.6 Å². The quantitative estimate of drug-likeness (QED) is 0.889. The molecule has 1 unspecified atom stereocenters. The van der Waals surface area contributed by atoms with Crippen molar-refractivity contribution in [3.8, 4) is 11.8 Å². The third-order valence-corrected chi connectivity index (χ3v) is 3.45. The average molecular weight is 314 g/mol. The zero-order valence-corrected chi connectivity index (χ0v) is 12.8. The number of aromatic nitrogens is 2. The van der Waals surface area contributed by atoms with Gasteiger partial charge in [-0.2, -0.15) is 0 Å². The highest BCUT2D eigenvalue weighted by Crippen LogP contribution is 2.24. The molecule has 1 aromatic carbocycles. The number of rotatable bonds is 4. The average Bonchev–Trinajstić information content (AvgIpc) is 2.59. The summed E-state index contributed by atoms with van der Waals surface area (Å²) < 4.78 is 10.9. The van der Waals surface area contributed by atoms with Crippen LogP contribution in [0.15, 0.2) is 36.7 Å². The van der Waals surface area contributed by atoms with E-state index in [1.165, 1.54) is 0 Å². The van der Waals surface area contributed by atoms with Crippen LogP contribution in [0.25, 0.3) is 0 Å². The summed E-state index contributed by atoms with van der Waals surface area (Å²) in [7, 11) is 0. The maximum atomic E-state index is 12.2. The molecule has 7 heteroatoms. The predicted molar refractivity (Wildman–Crippen MR) is 84.5 cm³/mol. The van der Waals surface area contributed by atoms with E-state index in [2.05, 4.69) is 20.6 Å². The van der Waals surface area contributed by atoms with Crippen LogP contribution in [0.5, 0.6) is 11.8 Å². The number of nitrogens with zero attached hydrogens (tertiary/aromatic N) is 2. The molecule has 3 rings (SSSR count). The zero-order chi connectivity index (χ0) is 16.1. The van der Waals surface area contributed by atoms with Gasteiger partial charge < -0.3 is 20.1 Å². The van der Waals surface area contributed by atoms with Crippen molar-refractivity contribution in [3.63, 3.8) is 0 Å². The number of nitrogens with one attached hydrogen (secondary N) is 2. The Morgan fingerprint density at radius 3 is 2.91 bits per heavy atom. The topological polar surface area (TPSA) is 85.4 Å². The van der Waals surface area contributed by atoms with Gasteiger partial charge in [0.2, 0.25) is 5.91 Å². The summed E-state index contributed by atoms with van der Waals surface area (Å²) in [6.07, 6.45) is 3.23. The van der Waals surface area contributed by atoms with Crippen LogP contribution in [0.1, 0.15) is 5.56 Å². The first kappa shape index (κ1) is 15.4. The smallest absolute Gasteiger partial charge is 0.321 e. The molecule has 0 spiro atoms. The van der Waals surface area contributed by atoms with E-state index in [1.807, 2.05) is 13.0 Å². The summed E-state index contributed by atoms with van der Waals surface area (Å²) >= 11 is 0. The van der Waals surface area contributed by atoms with Crippen molar-refractivity contribution in [2.24, 2.45) is 0 Å². The fraction of sp³-hybridized carbons (Fsp3) is 0.312. The number of hydrogen-bond acceptors (Lipinski definition) is 6. The van der Waals surface area contributed by atoms with Gasteiger partial charge in [0.25, 0.3) is 0 Å². The molecule has 1 aromatic heterocycles. The van der Waals surface area contributed by atoms with Crippen LogP contribution in [0, 0.1) is 6.92 Å². The Hall–Kier alpha value is -2.51. The third-order valence-electron chi connectivity index (χ3n) is 3.45. The standard InChI is InChI=1S/C16H18N4O3/c1-11-9-12(23-16-18-5-2-6-19-16)3-4-13(11)20-15(21)14-10-22-8-7-17-14/h2-6,9,14,17H,7-8,10H2,1H3,(H,20,21). The molecular weight excluding hydrogens is 296 g/mol. The van der Waals surface area contributed by atoms with Crippen LogP contribution in [-0.4, -0.2) is 41.7 Å². The number of carbonyl (C=O) groups is 1. The highest BCUT2D eigenvalue weighted by Gasteiger charge is 2.21. The normalized spacial score (nSPS) is 17.5. The van der Waals surface area contributed by atoms with Gasteiger partial charge >= 0.3 is 6.01 Å². The maximum absolute atomic E-state index is 12.2. The first-order valence-corrected chi connectivity index (χ1v) is 7.40. The molecule has 0 saturated carbocycles. The monoisotopic (exact) mass is 314 g/mol. The molecule has 23 heavy (non-hydrogen) atoms. The Bertz CT molecular complexity index is 672. The fourth-order valence-electron chi connectivity index (χ4n) is 2.24. The molecule has 2 N–H and O–H groups in total. The molecule has 2 aromatic rings. The van der Waals surface area contributed by atoms with E-state index in [1.54, 1.807) is 30.6 Å². The van der Waals surface area contributed by atoms with E-state index in [0.717, 1.165) is 11.3 Å². The van der Waals surface area contributed by atoms with Crippen LogP contribution >= 0.6 is 0 Å². The van der Waals surface area contributed by atoms with E-state index in [4.69, 9.17) is 9.47 Å². The summed E-state index contributed by atoms with van der Waals surface area (Å²) in [5.74, 6) is 0.513. The van der Waals surface area contributed by atoms with Crippen molar-refractivity contribution in [2.45, 2.75) is 13.0 Å². The van der Waals surface area contributed by atoms with E-state index in [-0.39, 0.29) is 18.0 Å². The largest absolute Gasteiger partial charge is 0.424 e. The number of aryl methyl sites for hydroxylation is 1. The molecule has 0 radical (unpaired) electrons. The molecular formula is C16H18N4O3. The number of benzene rings is 1. The van der Waals surface area contributed by atoms with E-state index in [0.29, 0.717) is 25.5 Å². The van der Waals surface area contributed by atoms with Gasteiger partial charge in [-0.3, -0.25) is 4.79 Å². The minimum absolute atomic E-state index is 0.104. The lowest BCUT2D eigenvalue weighted by molar-refractivity contribution is -0.120. The van der Waals surface area contributed by atoms with Crippen molar-refractivity contribution in [2.75, 3.05) is 25.1 Å². The van der Waals surface area contributed by atoms with Crippen LogP contribution in [0.2, 0.25) is 0 Å². The minimum atomic E-state index is -0.322. The number of morpholine rings is 1. The van der Waals surface area contributed by atoms with Gasteiger partial charge in [0.1, 0.15) is 11.8 Å². The number of anilines is 1. The molecule has 1 amide bonds. The first-order chi connectivity index (χ1) is 11.2. The van der Waals surface area contributed by atoms with Crippen molar-refractivity contribution < 1.29 is 14.3 Å². The second-order valence-corrected chi connectivity index (χ2v) is 5.18. The van der Waals surface area contributed by atoms with Crippen LogP contribution in [-0.2, 0) is 9.53 Å². The van der Waals surface area contributed by atoms with Crippen LogP contribution < -0.4 is 15.4 Å². The Kier molecular flexibility index (Phi) is 4.80. The van der Waals surface area contributed by atoms with E-state index in [9.17, 15) is 4.79 Å². The maximum Gasteiger partial charge on any atom is 0.321 e. The molecule has 0 aliphatic carbocycles. The highest BCUT2D eigenvalue weighted by atomic mass is 16.5. The van der Waals surface area contributed by atoms with Gasteiger partial charge in [-0.05, 0) is 36.8 Å². The second kappa shape index (κ2) is 7.17. The Balaban J connectivity index is 1.66. The van der Waals surface area contributed by atoms with Crippen molar-refractivity contribution in [1.29, 1.82) is 0 Å². The molecule has 1 aliphatic rings. The number of hydrogen-bond donors (Lipinski definition) is 2. The van der Waals surface area contributed by atoms with E-state index < -0.39 is 0 Å². The van der Waals surface area contributed by atoms with Gasteiger partial charge in [0, 0.05) is 24.6 Å². The lowest BCUT2D eigenvalue weighted by Gasteiger charge is -2.23. The van der Waals surface area contributed by atoms with Crippen molar-refractivity contribution in [3.05, 3.63) is 42.2 Å². The van der Waals surface area contributed by atoms with Gasteiger partial charge in [-0.25, -0.2) is 9.97 Å². The molecule has 0 bridgehead atoms. The summed E-state index contributed by atoms with van der Waals surface area (Å²) in [6.45, 7) is 3.61. The van der Waals surface area contributed by atoms with Gasteiger partial charge in [0.05, 0.1) is 13.2 Å². The predicted octanol–water partition coefficient (Wildman–Crippen LogP) is 1.50. The zero-order valence-electron chi connectivity index (χ0n) is 12.8. The van der Waals surface area contributed by atoms with Crippen LogP contribution in [0.4, 0.5) is 5.69 Å². The van der Waals surface area contributed by atoms with Crippen molar-refractivity contribution in [1.82, 2.24) is 15.3 Å². The summed E-state index contributed by atoms with van der Waals surface area (Å²) in [5.41, 5.74) is 1.63. The molecule has 2 heterocycles. The highest BCUT2D eigenvalue weighted by molar-refractivity contribution is 5.95. The molecule has 1 atom stereocenters. The molecule has 1 aliphatic heterocycles. The summed E-state index contributed by atoms with van der Waals surface area (Å²) in [4.78, 5) is 20.2. The third kappa shape index (κ3) is 4.02. The Labute approximate surface area is 134 Å². The number of ether oxygens (including phenoxy) is 2. The molecule has 7 nitrogen and oxygen atoms in total. The lowest BCUT2D eigenvalue weighted by atomic mass is 10.1. The van der Waals surface area contributed by atoms with Crippen LogP contribution in [0.3, 0.4) is 0 Å². The van der Waals surface area contributed by atoms with Gasteiger partial charge in [-0.15, -0.1) is 0 Å². The SMILES string of the molecule is Cc1cc(Oc2ncccn2)ccc1NC(=O)C1COCCN1. The molecule has 1 saturated heterocycles. The minimum Gasteiger partial charge on any atom is -0.424 e. The summed E-state index contributed by atoms with van der Waals surface area (Å²) in [5, 5.41) is 6.03. The lowest BCUT2D eigenvalue weighted by Crippen LogP contribution is -2.48. The Morgan fingerprint density at radius 1 is 1.39 bits per heavy atom. The number of carbonyl (C=O) groups excluding carboxylic acids is 1. The number of amides is 1. The molecule has 1 fully saturated rings. The first-order valence-electron chi connectivity index (χ1n) is 7.40.